The van der Waals surface area contributed by atoms with E-state index in [0.29, 0.717) is 11.9 Å². The van der Waals surface area contributed by atoms with Gasteiger partial charge in [0.05, 0.1) is 0 Å². The monoisotopic (exact) mass is 270 g/mol. The molecule has 1 amide bonds. The maximum absolute atomic E-state index is 12.8. The van der Waals surface area contributed by atoms with Crippen molar-refractivity contribution < 1.29 is 4.79 Å². The van der Waals surface area contributed by atoms with E-state index in [9.17, 15) is 4.79 Å². The minimum absolute atomic E-state index is 0.0670. The quantitative estimate of drug-likeness (QED) is 0.896. The summed E-state index contributed by atoms with van der Waals surface area (Å²) in [6, 6.07) is 8.98. The van der Waals surface area contributed by atoms with Crippen molar-refractivity contribution in [2.24, 2.45) is 5.41 Å². The fourth-order valence-corrected chi connectivity index (χ4v) is 3.47. The van der Waals surface area contributed by atoms with Crippen LogP contribution in [0.1, 0.15) is 50.4 Å². The molecule has 0 aromatic heterocycles. The number of aryl methyl sites for hydroxylation is 1. The van der Waals surface area contributed by atoms with Gasteiger partial charge in [-0.25, -0.2) is 0 Å². The lowest BCUT2D eigenvalue weighted by atomic mass is 10.1. The molecular formula is C17H22N2O. The molecule has 3 heteroatoms. The first kappa shape index (κ1) is 12.4. The predicted molar refractivity (Wildman–Crippen MR) is 78.1 cm³/mol. The average molecular weight is 270 g/mol. The van der Waals surface area contributed by atoms with E-state index in [2.05, 4.69) is 55.3 Å². The number of carbonyl (C=O) groups is 1. The van der Waals surface area contributed by atoms with E-state index >= 15 is 0 Å². The molecule has 3 fully saturated rings. The maximum atomic E-state index is 12.8. The van der Waals surface area contributed by atoms with Gasteiger partial charge in [-0.05, 0) is 37.2 Å². The number of carbonyl (C=O) groups excluding carboxylic acids is 1. The van der Waals surface area contributed by atoms with Crippen LogP contribution in [-0.2, 0) is 4.79 Å². The second-order valence-corrected chi connectivity index (χ2v) is 7.46. The van der Waals surface area contributed by atoms with Gasteiger partial charge >= 0.3 is 0 Å². The fourth-order valence-electron chi connectivity index (χ4n) is 3.47. The molecule has 1 aromatic rings. The number of hydrogen-bond acceptors (Lipinski definition) is 2. The molecule has 4 rings (SSSR count). The second kappa shape index (κ2) is 3.64. The molecule has 3 nitrogen and oxygen atoms in total. The summed E-state index contributed by atoms with van der Waals surface area (Å²) in [4.78, 5) is 14.9. The van der Waals surface area contributed by atoms with Crippen LogP contribution >= 0.6 is 0 Å². The van der Waals surface area contributed by atoms with Crippen LogP contribution in [0.25, 0.3) is 0 Å². The summed E-state index contributed by atoms with van der Waals surface area (Å²) in [6.07, 6.45) is 3.19. The van der Waals surface area contributed by atoms with E-state index in [1.165, 1.54) is 11.1 Å². The molecule has 2 unspecified atom stereocenters. The highest BCUT2D eigenvalue weighted by molar-refractivity contribution is 5.92. The lowest BCUT2D eigenvalue weighted by Gasteiger charge is -2.26. The van der Waals surface area contributed by atoms with Gasteiger partial charge in [-0.3, -0.25) is 10.1 Å². The van der Waals surface area contributed by atoms with Crippen molar-refractivity contribution >= 4 is 5.91 Å². The molecule has 1 saturated heterocycles. The summed E-state index contributed by atoms with van der Waals surface area (Å²) >= 11 is 0. The van der Waals surface area contributed by atoms with E-state index < -0.39 is 0 Å². The van der Waals surface area contributed by atoms with Gasteiger partial charge in [0.25, 0.3) is 0 Å². The third-order valence-corrected chi connectivity index (χ3v) is 5.28. The highest BCUT2D eigenvalue weighted by atomic mass is 16.2. The Balaban J connectivity index is 1.70. The summed E-state index contributed by atoms with van der Waals surface area (Å²) in [7, 11) is 0. The Morgan fingerprint density at radius 1 is 1.20 bits per heavy atom. The molecule has 3 aliphatic rings. The molecule has 1 spiro atoms. The van der Waals surface area contributed by atoms with Gasteiger partial charge in [-0.1, -0.05) is 43.7 Å². The van der Waals surface area contributed by atoms with Crippen molar-refractivity contribution in [3.8, 4) is 0 Å². The Hall–Kier alpha value is -1.35. The molecule has 1 N–H and O–H groups in total. The molecule has 0 radical (unpaired) electrons. The van der Waals surface area contributed by atoms with E-state index in [0.717, 1.165) is 19.3 Å². The Bertz CT molecular complexity index is 571. The number of amides is 1. The number of nitrogens with one attached hydrogen (secondary N) is 1. The number of hydrogen-bond donors (Lipinski definition) is 1. The van der Waals surface area contributed by atoms with Gasteiger partial charge in [0.15, 0.2) is 0 Å². The summed E-state index contributed by atoms with van der Waals surface area (Å²) in [5.74, 6) is 0.332. The standard InChI is InChI=1S/C17H22N2O/c1-11-4-6-12(7-5-11)14-18-17(8-9-17)15(20)19(14)13-10-16(13,2)3/h4-7,13-14,18H,8-10H2,1-3H3. The maximum Gasteiger partial charge on any atom is 0.244 e. The first-order valence-electron chi connectivity index (χ1n) is 7.60. The topological polar surface area (TPSA) is 32.3 Å². The summed E-state index contributed by atoms with van der Waals surface area (Å²) < 4.78 is 0. The number of rotatable bonds is 2. The zero-order valence-electron chi connectivity index (χ0n) is 12.4. The summed E-state index contributed by atoms with van der Waals surface area (Å²) in [5, 5.41) is 3.61. The van der Waals surface area contributed by atoms with Crippen LogP contribution in [0.2, 0.25) is 0 Å². The minimum atomic E-state index is -0.228. The Morgan fingerprint density at radius 3 is 2.30 bits per heavy atom. The summed E-state index contributed by atoms with van der Waals surface area (Å²) in [5.41, 5.74) is 2.53. The van der Waals surface area contributed by atoms with Crippen molar-refractivity contribution in [3.63, 3.8) is 0 Å². The molecule has 2 aliphatic carbocycles. The van der Waals surface area contributed by atoms with Crippen molar-refractivity contribution in [2.45, 2.75) is 57.8 Å². The van der Waals surface area contributed by atoms with Crippen LogP contribution in [0.3, 0.4) is 0 Å². The number of nitrogens with zero attached hydrogens (tertiary/aromatic N) is 1. The lowest BCUT2D eigenvalue weighted by Crippen LogP contribution is -2.35. The first-order valence-corrected chi connectivity index (χ1v) is 7.60. The van der Waals surface area contributed by atoms with Crippen LogP contribution in [0.4, 0.5) is 0 Å². The molecule has 1 aromatic carbocycles. The van der Waals surface area contributed by atoms with Crippen LogP contribution in [0, 0.1) is 12.3 Å². The Kier molecular flexibility index (Phi) is 2.26. The number of benzene rings is 1. The highest BCUT2D eigenvalue weighted by Crippen LogP contribution is 2.56. The van der Waals surface area contributed by atoms with Crippen LogP contribution < -0.4 is 5.32 Å². The molecule has 2 saturated carbocycles. The van der Waals surface area contributed by atoms with Gasteiger partial charge in [0, 0.05) is 6.04 Å². The smallest absolute Gasteiger partial charge is 0.244 e. The third-order valence-electron chi connectivity index (χ3n) is 5.28. The van der Waals surface area contributed by atoms with Crippen molar-refractivity contribution in [1.82, 2.24) is 10.2 Å². The average Bonchev–Trinajstić information content (AvgIpc) is 3.26. The molecule has 20 heavy (non-hydrogen) atoms. The minimum Gasteiger partial charge on any atom is -0.318 e. The van der Waals surface area contributed by atoms with E-state index in [-0.39, 0.29) is 17.1 Å². The van der Waals surface area contributed by atoms with Crippen molar-refractivity contribution in [2.75, 3.05) is 0 Å². The molecule has 1 heterocycles. The Labute approximate surface area is 120 Å². The van der Waals surface area contributed by atoms with Gasteiger partial charge in [0.2, 0.25) is 5.91 Å². The van der Waals surface area contributed by atoms with E-state index in [1.54, 1.807) is 0 Å². The molecular weight excluding hydrogens is 248 g/mol. The van der Waals surface area contributed by atoms with Gasteiger partial charge in [0.1, 0.15) is 11.7 Å². The molecule has 0 bridgehead atoms. The van der Waals surface area contributed by atoms with Crippen LogP contribution in [-0.4, -0.2) is 22.4 Å². The Morgan fingerprint density at radius 2 is 1.80 bits per heavy atom. The van der Waals surface area contributed by atoms with Gasteiger partial charge < -0.3 is 4.90 Å². The zero-order chi connectivity index (χ0) is 14.1. The SMILES string of the molecule is Cc1ccc(C2NC3(CC3)C(=O)N2C2CC2(C)C)cc1. The summed E-state index contributed by atoms with van der Waals surface area (Å²) in [6.45, 7) is 6.62. The third kappa shape index (κ3) is 1.65. The predicted octanol–water partition coefficient (Wildman–Crippen LogP) is 2.76. The fraction of sp³-hybridized carbons (Fsp3) is 0.588. The highest BCUT2D eigenvalue weighted by Gasteiger charge is 2.65. The largest absolute Gasteiger partial charge is 0.318 e. The van der Waals surface area contributed by atoms with Crippen molar-refractivity contribution in [3.05, 3.63) is 35.4 Å². The lowest BCUT2D eigenvalue weighted by molar-refractivity contribution is -0.131. The van der Waals surface area contributed by atoms with E-state index in [1.807, 2.05) is 0 Å². The first-order chi connectivity index (χ1) is 9.43. The molecule has 2 atom stereocenters. The second-order valence-electron chi connectivity index (χ2n) is 7.46. The van der Waals surface area contributed by atoms with Crippen molar-refractivity contribution in [1.29, 1.82) is 0 Å². The van der Waals surface area contributed by atoms with Gasteiger partial charge in [-0.15, -0.1) is 0 Å². The van der Waals surface area contributed by atoms with Crippen LogP contribution in [0.15, 0.2) is 24.3 Å². The molecule has 1 aliphatic heterocycles. The normalized spacial score (nSPS) is 32.8. The molecule has 106 valence electrons. The van der Waals surface area contributed by atoms with Gasteiger partial charge in [-0.2, -0.15) is 0 Å². The van der Waals surface area contributed by atoms with E-state index in [4.69, 9.17) is 0 Å². The zero-order valence-corrected chi connectivity index (χ0v) is 12.4. The van der Waals surface area contributed by atoms with Crippen LogP contribution in [0.5, 0.6) is 0 Å².